The lowest BCUT2D eigenvalue weighted by molar-refractivity contribution is -0.359. The third kappa shape index (κ3) is 13.1. The van der Waals surface area contributed by atoms with Gasteiger partial charge in [-0.05, 0) is 12.8 Å². The molecule has 4 saturated heterocycles. The quantitative estimate of drug-likeness (QED) is 0.0338. The Labute approximate surface area is 335 Å². The van der Waals surface area contributed by atoms with E-state index >= 15 is 0 Å². The van der Waals surface area contributed by atoms with Crippen molar-refractivity contribution >= 4 is 5.97 Å². The summed E-state index contributed by atoms with van der Waals surface area (Å²) in [6, 6.07) is 0. The van der Waals surface area contributed by atoms with Gasteiger partial charge in [0.1, 0.15) is 91.6 Å². The molecule has 4 heterocycles. The number of hydrogen-bond acceptors (Lipinski definition) is 22. The first-order valence-electron chi connectivity index (χ1n) is 19.9. The minimum Gasteiger partial charge on any atom is -0.469 e. The SMILES string of the molecule is COC(=O)CCCCCCCCCCCO[C@@H]1O[C@H](CO[C@@H]2O[C@H](CO[C@@H]3O[C@H](CO)[C@H](O)[C@H](O)[C@H]3O)[C@H](O)[C@H](O)[C@H]2O[C@H]2O[C@@H](CO)[C@H](O)[C@H]2O)[C@H](O)[C@H](O)[C@H]1O. The first-order valence-corrected chi connectivity index (χ1v) is 19.9. The van der Waals surface area contributed by atoms with Gasteiger partial charge in [0.15, 0.2) is 25.2 Å². The molecule has 19 atom stereocenters. The van der Waals surface area contributed by atoms with E-state index in [0.717, 1.165) is 51.4 Å². The Morgan fingerprint density at radius 2 is 0.845 bits per heavy atom. The van der Waals surface area contributed by atoms with Gasteiger partial charge in [0.05, 0.1) is 33.5 Å². The van der Waals surface area contributed by atoms with Crippen molar-refractivity contribution in [2.75, 3.05) is 40.1 Å². The van der Waals surface area contributed by atoms with E-state index in [9.17, 15) is 66.1 Å². The molecule has 22 heteroatoms. The van der Waals surface area contributed by atoms with Gasteiger partial charge in [-0.25, -0.2) is 0 Å². The van der Waals surface area contributed by atoms with Crippen LogP contribution < -0.4 is 0 Å². The molecule has 58 heavy (non-hydrogen) atoms. The van der Waals surface area contributed by atoms with Gasteiger partial charge in [0, 0.05) is 13.0 Å². The van der Waals surface area contributed by atoms with Crippen molar-refractivity contribution in [1.82, 2.24) is 0 Å². The topological polar surface area (TPSA) is 343 Å². The molecule has 4 aliphatic rings. The Hall–Kier alpha value is -1.33. The Balaban J connectivity index is 1.32. The fourth-order valence-corrected chi connectivity index (χ4v) is 7.14. The summed E-state index contributed by atoms with van der Waals surface area (Å²) >= 11 is 0. The largest absolute Gasteiger partial charge is 0.469 e. The average molecular weight is 849 g/mol. The monoisotopic (exact) mass is 848 g/mol. The lowest BCUT2D eigenvalue weighted by Crippen LogP contribution is -2.63. The van der Waals surface area contributed by atoms with Crippen LogP contribution in [0.4, 0.5) is 0 Å². The van der Waals surface area contributed by atoms with Crippen LogP contribution in [0.2, 0.25) is 0 Å². The molecule has 0 radical (unpaired) electrons. The van der Waals surface area contributed by atoms with Crippen molar-refractivity contribution in [3.05, 3.63) is 0 Å². The summed E-state index contributed by atoms with van der Waals surface area (Å²) in [5, 5.41) is 125. The van der Waals surface area contributed by atoms with E-state index in [1.165, 1.54) is 7.11 Å². The number of esters is 1. The number of carbonyl (C=O) groups excluding carboxylic acids is 1. The van der Waals surface area contributed by atoms with Crippen LogP contribution in [0.3, 0.4) is 0 Å². The van der Waals surface area contributed by atoms with E-state index in [2.05, 4.69) is 4.74 Å². The van der Waals surface area contributed by atoms with Crippen LogP contribution in [0, 0.1) is 0 Å². The van der Waals surface area contributed by atoms with E-state index in [1.807, 2.05) is 0 Å². The maximum atomic E-state index is 11.2. The smallest absolute Gasteiger partial charge is 0.305 e. The highest BCUT2D eigenvalue weighted by Gasteiger charge is 2.53. The fraction of sp³-hybridized carbons (Fsp3) is 0.972. The number of ether oxygens (including phenoxy) is 9. The molecule has 0 aromatic rings. The Morgan fingerprint density at radius 1 is 0.448 bits per heavy atom. The second kappa shape index (κ2) is 24.3. The summed E-state index contributed by atoms with van der Waals surface area (Å²) in [6.45, 7) is -2.52. The standard InChI is InChI=1S/C36H64O22/c1-50-21(39)11-9-7-5-3-2-4-6-8-10-12-51-33-30(48)27(45)24(42)19(56-33)16-53-36-32(58-35-29(47)23(41)18(14-38)55-35)28(46)25(43)20(57-36)15-52-34-31(49)26(44)22(40)17(13-37)54-34/h17-20,22-38,40-49H,2-16H2,1H3/t17-,18+,19-,20-,22+,23+,24+,25+,26+,27+,28+,29-,30-,31-,32-,33-,34-,35-,36-/m1/s1. The maximum Gasteiger partial charge on any atom is 0.305 e. The second-order valence-electron chi connectivity index (χ2n) is 15.1. The molecular weight excluding hydrogens is 784 g/mol. The van der Waals surface area contributed by atoms with Crippen molar-refractivity contribution in [2.45, 2.75) is 181 Å². The van der Waals surface area contributed by atoms with Crippen LogP contribution in [0.25, 0.3) is 0 Å². The summed E-state index contributed by atoms with van der Waals surface area (Å²) in [5.41, 5.74) is 0. The van der Waals surface area contributed by atoms with E-state index < -0.39 is 143 Å². The summed E-state index contributed by atoms with van der Waals surface area (Å²) in [5.74, 6) is -0.201. The summed E-state index contributed by atoms with van der Waals surface area (Å²) in [7, 11) is 1.38. The minimum absolute atomic E-state index is 0.165. The van der Waals surface area contributed by atoms with Crippen molar-refractivity contribution < 1.29 is 109 Å². The number of methoxy groups -OCH3 is 1. The predicted molar refractivity (Wildman–Crippen MR) is 190 cm³/mol. The van der Waals surface area contributed by atoms with Gasteiger partial charge in [-0.3, -0.25) is 4.79 Å². The summed E-state index contributed by atoms with van der Waals surface area (Å²) in [6.07, 6.45) is -22.1. The molecule has 4 fully saturated rings. The van der Waals surface area contributed by atoms with Crippen LogP contribution in [0.1, 0.15) is 64.2 Å². The van der Waals surface area contributed by atoms with Crippen molar-refractivity contribution in [3.63, 3.8) is 0 Å². The second-order valence-corrected chi connectivity index (χ2v) is 15.1. The van der Waals surface area contributed by atoms with Gasteiger partial charge in [-0.2, -0.15) is 0 Å². The molecule has 340 valence electrons. The van der Waals surface area contributed by atoms with Gasteiger partial charge in [-0.1, -0.05) is 44.9 Å². The van der Waals surface area contributed by atoms with E-state index in [4.69, 9.17) is 37.9 Å². The lowest BCUT2D eigenvalue weighted by Gasteiger charge is -2.45. The van der Waals surface area contributed by atoms with Crippen molar-refractivity contribution in [3.8, 4) is 0 Å². The van der Waals surface area contributed by atoms with Gasteiger partial charge < -0.3 is 104 Å². The zero-order chi connectivity index (χ0) is 42.5. The van der Waals surface area contributed by atoms with Gasteiger partial charge in [0.25, 0.3) is 0 Å². The van der Waals surface area contributed by atoms with Crippen LogP contribution in [0.5, 0.6) is 0 Å². The molecule has 0 bridgehead atoms. The predicted octanol–water partition coefficient (Wildman–Crippen LogP) is -5.01. The molecule has 0 aliphatic carbocycles. The molecule has 0 saturated carbocycles. The number of aliphatic hydroxyl groups excluding tert-OH is 12. The van der Waals surface area contributed by atoms with E-state index in [1.54, 1.807) is 0 Å². The van der Waals surface area contributed by atoms with E-state index in [0.29, 0.717) is 12.8 Å². The highest BCUT2D eigenvalue weighted by atomic mass is 16.8. The number of unbranched alkanes of at least 4 members (excludes halogenated alkanes) is 8. The third-order valence-corrected chi connectivity index (χ3v) is 10.8. The number of carbonyl (C=O) groups is 1. The first kappa shape index (κ1) is 49.3. The van der Waals surface area contributed by atoms with Crippen molar-refractivity contribution in [1.29, 1.82) is 0 Å². The highest BCUT2D eigenvalue weighted by molar-refractivity contribution is 5.68. The summed E-state index contributed by atoms with van der Waals surface area (Å²) in [4.78, 5) is 11.2. The van der Waals surface area contributed by atoms with Crippen LogP contribution in [-0.4, -0.2) is 224 Å². The molecule has 4 aliphatic heterocycles. The Kier molecular flexibility index (Phi) is 20.7. The third-order valence-electron chi connectivity index (χ3n) is 10.8. The Morgan fingerprint density at radius 3 is 1.40 bits per heavy atom. The zero-order valence-corrected chi connectivity index (χ0v) is 32.5. The van der Waals surface area contributed by atoms with Crippen LogP contribution >= 0.6 is 0 Å². The molecule has 0 spiro atoms. The average Bonchev–Trinajstić information content (AvgIpc) is 3.49. The molecule has 4 rings (SSSR count). The van der Waals surface area contributed by atoms with Crippen LogP contribution in [-0.2, 0) is 47.4 Å². The summed E-state index contributed by atoms with van der Waals surface area (Å²) < 4.78 is 49.7. The molecule has 0 amide bonds. The number of hydrogen-bond donors (Lipinski definition) is 12. The maximum absolute atomic E-state index is 11.2. The molecule has 22 nitrogen and oxygen atoms in total. The normalized spacial score (nSPS) is 42.1. The molecule has 0 unspecified atom stereocenters. The minimum atomic E-state index is -1.90. The zero-order valence-electron chi connectivity index (χ0n) is 32.5. The molecule has 0 aromatic carbocycles. The fourth-order valence-electron chi connectivity index (χ4n) is 7.14. The van der Waals surface area contributed by atoms with Gasteiger partial charge >= 0.3 is 5.97 Å². The van der Waals surface area contributed by atoms with Gasteiger partial charge in [-0.15, -0.1) is 0 Å². The first-order chi connectivity index (χ1) is 27.7. The van der Waals surface area contributed by atoms with E-state index in [-0.39, 0.29) is 12.6 Å². The number of aliphatic hydroxyl groups is 12. The molecule has 12 N–H and O–H groups in total. The highest BCUT2D eigenvalue weighted by Crippen LogP contribution is 2.32. The van der Waals surface area contributed by atoms with Crippen LogP contribution in [0.15, 0.2) is 0 Å². The molecule has 0 aromatic heterocycles. The van der Waals surface area contributed by atoms with Crippen molar-refractivity contribution in [2.24, 2.45) is 0 Å². The molecular formula is C36H64O22. The Bertz CT molecular complexity index is 1170. The lowest BCUT2D eigenvalue weighted by atomic mass is 9.97. The van der Waals surface area contributed by atoms with Gasteiger partial charge in [0.2, 0.25) is 0 Å². The number of rotatable bonds is 23.